The van der Waals surface area contributed by atoms with E-state index in [9.17, 15) is 5.11 Å². The van der Waals surface area contributed by atoms with Gasteiger partial charge in [-0.2, -0.15) is 0 Å². The number of allylic oxidation sites excluding steroid dienone is 1. The Balaban J connectivity index is 2.33. The first-order valence-corrected chi connectivity index (χ1v) is 5.82. The zero-order valence-corrected chi connectivity index (χ0v) is 10.1. The lowest BCUT2D eigenvalue weighted by molar-refractivity contribution is 0.474. The highest BCUT2D eigenvalue weighted by atomic mass is 16.3. The molecule has 0 aliphatic rings. The van der Waals surface area contributed by atoms with E-state index in [-0.39, 0.29) is 5.75 Å². The third-order valence-corrected chi connectivity index (χ3v) is 2.64. The van der Waals surface area contributed by atoms with Crippen LogP contribution in [0, 0.1) is 0 Å². The Bertz CT molecular complexity index is 559. The molecule has 90 valence electrons. The monoisotopic (exact) mass is 237 g/mol. The largest absolute Gasteiger partial charge is 0.507 e. The molecule has 18 heavy (non-hydrogen) atoms. The second kappa shape index (κ2) is 5.82. The van der Waals surface area contributed by atoms with Gasteiger partial charge in [0, 0.05) is 11.8 Å². The minimum atomic E-state index is 0.244. The van der Waals surface area contributed by atoms with Gasteiger partial charge in [0.25, 0.3) is 0 Å². The molecule has 0 radical (unpaired) electrons. The molecule has 2 aromatic carbocycles. The fourth-order valence-corrected chi connectivity index (χ4v) is 1.74. The van der Waals surface area contributed by atoms with E-state index in [1.807, 2.05) is 48.5 Å². The van der Waals surface area contributed by atoms with Crippen LogP contribution in [-0.2, 0) is 6.42 Å². The maximum absolute atomic E-state index is 9.87. The molecule has 0 aliphatic carbocycles. The van der Waals surface area contributed by atoms with Gasteiger partial charge in [0.2, 0.25) is 0 Å². The summed E-state index contributed by atoms with van der Waals surface area (Å²) in [6.45, 7) is 3.72. The fourth-order valence-electron chi connectivity index (χ4n) is 1.74. The number of benzene rings is 2. The van der Waals surface area contributed by atoms with E-state index >= 15 is 0 Å². The van der Waals surface area contributed by atoms with Crippen LogP contribution < -0.4 is 0 Å². The van der Waals surface area contributed by atoms with Crippen molar-refractivity contribution < 1.29 is 5.11 Å². The topological polar surface area (TPSA) is 32.6 Å². The quantitative estimate of drug-likeness (QED) is 0.635. The van der Waals surface area contributed by atoms with Crippen LogP contribution in [0.5, 0.6) is 5.75 Å². The normalized spacial score (nSPS) is 10.7. The van der Waals surface area contributed by atoms with Crippen LogP contribution in [-0.4, -0.2) is 11.3 Å². The van der Waals surface area contributed by atoms with Crippen LogP contribution in [0.2, 0.25) is 0 Å². The summed E-state index contributed by atoms with van der Waals surface area (Å²) in [5.74, 6) is 0.244. The van der Waals surface area contributed by atoms with Gasteiger partial charge in [-0.25, -0.2) is 0 Å². The van der Waals surface area contributed by atoms with Gasteiger partial charge in [-0.15, -0.1) is 6.58 Å². The van der Waals surface area contributed by atoms with Crippen molar-refractivity contribution in [2.75, 3.05) is 0 Å². The molecule has 0 saturated heterocycles. The van der Waals surface area contributed by atoms with Crippen LogP contribution >= 0.6 is 0 Å². The first-order valence-electron chi connectivity index (χ1n) is 5.82. The second-order valence-corrected chi connectivity index (χ2v) is 3.94. The Hall–Kier alpha value is -2.35. The molecule has 0 aromatic heterocycles. The predicted octanol–water partition coefficient (Wildman–Crippen LogP) is 3.87. The summed E-state index contributed by atoms with van der Waals surface area (Å²) in [4.78, 5) is 4.36. The number of rotatable bonds is 4. The number of phenols is 1. The molecule has 0 atom stereocenters. The van der Waals surface area contributed by atoms with Gasteiger partial charge in [-0.05, 0) is 30.2 Å². The van der Waals surface area contributed by atoms with Crippen LogP contribution in [0.4, 0.5) is 5.69 Å². The SMILES string of the molecule is C=CCc1cccc(O)c1C=Nc1ccccc1. The Morgan fingerprint density at radius 2 is 1.83 bits per heavy atom. The van der Waals surface area contributed by atoms with Gasteiger partial charge in [0.1, 0.15) is 5.75 Å². The van der Waals surface area contributed by atoms with Crippen molar-refractivity contribution in [1.29, 1.82) is 0 Å². The minimum Gasteiger partial charge on any atom is -0.507 e. The summed E-state index contributed by atoms with van der Waals surface area (Å²) < 4.78 is 0. The summed E-state index contributed by atoms with van der Waals surface area (Å²) in [5, 5.41) is 9.87. The van der Waals surface area contributed by atoms with E-state index in [0.717, 1.165) is 16.8 Å². The van der Waals surface area contributed by atoms with E-state index in [2.05, 4.69) is 11.6 Å². The number of aliphatic imine (C=N–C) groups is 1. The molecule has 0 unspecified atom stereocenters. The van der Waals surface area contributed by atoms with Crippen molar-refractivity contribution in [3.63, 3.8) is 0 Å². The molecular weight excluding hydrogens is 222 g/mol. The zero-order valence-electron chi connectivity index (χ0n) is 10.1. The molecule has 2 heteroatoms. The van der Waals surface area contributed by atoms with Crippen LogP contribution in [0.3, 0.4) is 0 Å². The third kappa shape index (κ3) is 2.86. The number of hydrogen-bond acceptors (Lipinski definition) is 2. The first kappa shape index (κ1) is 12.1. The van der Waals surface area contributed by atoms with E-state index < -0.39 is 0 Å². The molecule has 0 fully saturated rings. The number of nitrogens with zero attached hydrogens (tertiary/aromatic N) is 1. The lowest BCUT2D eigenvalue weighted by Crippen LogP contribution is -1.91. The van der Waals surface area contributed by atoms with Crippen LogP contribution in [0.25, 0.3) is 0 Å². The number of aromatic hydroxyl groups is 1. The highest BCUT2D eigenvalue weighted by Crippen LogP contribution is 2.21. The molecule has 0 bridgehead atoms. The third-order valence-electron chi connectivity index (χ3n) is 2.64. The van der Waals surface area contributed by atoms with Crippen molar-refractivity contribution in [2.45, 2.75) is 6.42 Å². The highest BCUT2D eigenvalue weighted by molar-refractivity contribution is 5.87. The maximum atomic E-state index is 9.87. The fraction of sp³-hybridized carbons (Fsp3) is 0.0625. The van der Waals surface area contributed by atoms with Crippen LogP contribution in [0.15, 0.2) is 66.2 Å². The standard InChI is InChI=1S/C16H15NO/c1-2-7-13-8-6-11-16(18)15(13)12-17-14-9-4-3-5-10-14/h2-6,8-12,18H,1,7H2. The summed E-state index contributed by atoms with van der Waals surface area (Å²) >= 11 is 0. The van der Waals surface area contributed by atoms with Gasteiger partial charge in [0.15, 0.2) is 0 Å². The summed E-state index contributed by atoms with van der Waals surface area (Å²) in [7, 11) is 0. The predicted molar refractivity (Wildman–Crippen MR) is 75.7 cm³/mol. The van der Waals surface area contributed by atoms with E-state index in [0.29, 0.717) is 6.42 Å². The summed E-state index contributed by atoms with van der Waals surface area (Å²) in [6, 6.07) is 15.1. The van der Waals surface area contributed by atoms with E-state index in [1.54, 1.807) is 12.3 Å². The van der Waals surface area contributed by atoms with Crippen molar-refractivity contribution in [3.05, 3.63) is 72.3 Å². The molecule has 2 aromatic rings. The highest BCUT2D eigenvalue weighted by Gasteiger charge is 2.03. The molecule has 0 saturated carbocycles. The molecule has 2 rings (SSSR count). The molecule has 0 aliphatic heterocycles. The second-order valence-electron chi connectivity index (χ2n) is 3.94. The lowest BCUT2D eigenvalue weighted by Gasteiger charge is -2.05. The van der Waals surface area contributed by atoms with Crippen molar-refractivity contribution in [1.82, 2.24) is 0 Å². The van der Waals surface area contributed by atoms with E-state index in [1.165, 1.54) is 0 Å². The van der Waals surface area contributed by atoms with Crippen LogP contribution in [0.1, 0.15) is 11.1 Å². The first-order chi connectivity index (χ1) is 8.81. The van der Waals surface area contributed by atoms with Gasteiger partial charge in [0.05, 0.1) is 5.69 Å². The number of para-hydroxylation sites is 1. The summed E-state index contributed by atoms with van der Waals surface area (Å²) in [6.07, 6.45) is 4.22. The minimum absolute atomic E-state index is 0.244. The molecule has 0 spiro atoms. The Morgan fingerprint density at radius 3 is 2.56 bits per heavy atom. The zero-order chi connectivity index (χ0) is 12.8. The number of phenolic OH excluding ortho intramolecular Hbond substituents is 1. The van der Waals surface area contributed by atoms with E-state index in [4.69, 9.17) is 0 Å². The van der Waals surface area contributed by atoms with Gasteiger partial charge >= 0.3 is 0 Å². The van der Waals surface area contributed by atoms with Gasteiger partial charge in [-0.1, -0.05) is 36.4 Å². The molecule has 2 nitrogen and oxygen atoms in total. The molecule has 0 heterocycles. The average molecular weight is 237 g/mol. The molecule has 1 N–H and O–H groups in total. The Morgan fingerprint density at radius 1 is 1.06 bits per heavy atom. The van der Waals surface area contributed by atoms with Gasteiger partial charge < -0.3 is 5.11 Å². The Kier molecular flexibility index (Phi) is 3.92. The maximum Gasteiger partial charge on any atom is 0.124 e. The smallest absolute Gasteiger partial charge is 0.124 e. The Labute approximate surface area is 107 Å². The van der Waals surface area contributed by atoms with Gasteiger partial charge in [-0.3, -0.25) is 4.99 Å². The lowest BCUT2D eigenvalue weighted by atomic mass is 10.0. The average Bonchev–Trinajstić information content (AvgIpc) is 2.40. The summed E-state index contributed by atoms with van der Waals surface area (Å²) in [5.41, 5.74) is 2.64. The van der Waals surface area contributed by atoms with Crippen molar-refractivity contribution in [2.24, 2.45) is 4.99 Å². The number of hydrogen-bond donors (Lipinski definition) is 1. The van der Waals surface area contributed by atoms with Crippen molar-refractivity contribution in [3.8, 4) is 5.75 Å². The molecular formula is C16H15NO. The molecule has 0 amide bonds. The van der Waals surface area contributed by atoms with Crippen molar-refractivity contribution >= 4 is 11.9 Å².